The maximum Gasteiger partial charge on any atom is 0.303 e. The van der Waals surface area contributed by atoms with Gasteiger partial charge in [0.05, 0.1) is 0 Å². The summed E-state index contributed by atoms with van der Waals surface area (Å²) in [6.45, 7) is 2.80. The summed E-state index contributed by atoms with van der Waals surface area (Å²) < 4.78 is 4.66. The number of nitriles is 1. The Balaban J connectivity index is 3.13. The van der Waals surface area contributed by atoms with Crippen molar-refractivity contribution in [2.75, 3.05) is 6.61 Å². The molecule has 6 heteroatoms. The first-order valence-corrected chi connectivity index (χ1v) is 6.32. The van der Waals surface area contributed by atoms with Crippen LogP contribution in [0.25, 0.3) is 0 Å². The molecule has 1 aromatic heterocycles. The molecule has 0 fully saturated rings. The highest BCUT2D eigenvalue weighted by molar-refractivity contribution is 5.99. The molecule has 0 aromatic carbocycles. The van der Waals surface area contributed by atoms with Crippen LogP contribution in [-0.2, 0) is 16.0 Å². The number of nitrogens with one attached hydrogen (secondary N) is 1. The van der Waals surface area contributed by atoms with Crippen molar-refractivity contribution < 1.29 is 14.3 Å². The Morgan fingerprint density at radius 1 is 1.45 bits per heavy atom. The number of unbranched alkanes of at least 4 members (excludes halogenated alkanes) is 1. The van der Waals surface area contributed by atoms with E-state index in [1.54, 1.807) is 6.07 Å². The third-order valence-electron chi connectivity index (χ3n) is 2.73. The number of aryl methyl sites for hydroxylation is 1. The van der Waals surface area contributed by atoms with Gasteiger partial charge in [-0.25, -0.2) is 0 Å². The minimum atomic E-state index is -0.557. The number of pyridine rings is 1. The quantitative estimate of drug-likeness (QED) is 0.624. The van der Waals surface area contributed by atoms with Gasteiger partial charge < -0.3 is 9.72 Å². The average molecular weight is 276 g/mol. The first-order chi connectivity index (χ1) is 9.49. The minimum absolute atomic E-state index is 0.128. The van der Waals surface area contributed by atoms with Crippen molar-refractivity contribution >= 4 is 11.8 Å². The molecule has 20 heavy (non-hydrogen) atoms. The summed E-state index contributed by atoms with van der Waals surface area (Å²) in [4.78, 5) is 36.9. The van der Waals surface area contributed by atoms with Gasteiger partial charge in [-0.1, -0.05) is 13.3 Å². The lowest BCUT2D eigenvalue weighted by Crippen LogP contribution is -2.20. The second-order valence-corrected chi connectivity index (χ2v) is 4.32. The smallest absolute Gasteiger partial charge is 0.303 e. The highest BCUT2D eigenvalue weighted by Crippen LogP contribution is 2.11. The largest absolute Gasteiger partial charge is 0.457 e. The molecule has 0 saturated heterocycles. The number of H-pyrrole nitrogens is 1. The lowest BCUT2D eigenvalue weighted by atomic mass is 10.0. The van der Waals surface area contributed by atoms with Gasteiger partial charge >= 0.3 is 5.97 Å². The molecular weight excluding hydrogens is 260 g/mol. The number of rotatable bonds is 6. The Bertz CT molecular complexity index is 611. The number of hydrogen-bond donors (Lipinski definition) is 1. The van der Waals surface area contributed by atoms with E-state index in [1.165, 1.54) is 13.0 Å². The molecular formula is C14H16N2O4. The summed E-state index contributed by atoms with van der Waals surface area (Å²) in [7, 11) is 0. The van der Waals surface area contributed by atoms with Gasteiger partial charge in [0.1, 0.15) is 11.6 Å². The fraction of sp³-hybridized carbons (Fsp3) is 0.429. The van der Waals surface area contributed by atoms with Gasteiger partial charge in [-0.3, -0.25) is 14.4 Å². The predicted molar refractivity (Wildman–Crippen MR) is 71.4 cm³/mol. The van der Waals surface area contributed by atoms with Gasteiger partial charge in [0.25, 0.3) is 5.56 Å². The van der Waals surface area contributed by atoms with Crippen LogP contribution in [0.15, 0.2) is 10.9 Å². The van der Waals surface area contributed by atoms with E-state index >= 15 is 0 Å². The first-order valence-electron chi connectivity index (χ1n) is 6.32. The van der Waals surface area contributed by atoms with E-state index in [-0.39, 0.29) is 11.1 Å². The summed E-state index contributed by atoms with van der Waals surface area (Å²) in [6, 6.07) is 2.99. The number of carbonyl (C=O) groups excluding carboxylic acids is 2. The lowest BCUT2D eigenvalue weighted by Gasteiger charge is -2.08. The van der Waals surface area contributed by atoms with Crippen LogP contribution in [-0.4, -0.2) is 23.3 Å². The van der Waals surface area contributed by atoms with Gasteiger partial charge in [-0.05, 0) is 18.9 Å². The molecule has 0 aliphatic carbocycles. The summed E-state index contributed by atoms with van der Waals surface area (Å²) in [5, 5.41) is 8.84. The molecule has 0 spiro atoms. The summed E-state index contributed by atoms with van der Waals surface area (Å²) >= 11 is 0. The average Bonchev–Trinajstić information content (AvgIpc) is 2.42. The number of aromatic amines is 1. The Morgan fingerprint density at radius 2 is 2.15 bits per heavy atom. The molecule has 0 radical (unpaired) electrons. The fourth-order valence-corrected chi connectivity index (χ4v) is 1.70. The van der Waals surface area contributed by atoms with Crippen LogP contribution in [0.3, 0.4) is 0 Å². The van der Waals surface area contributed by atoms with Gasteiger partial charge in [0.15, 0.2) is 6.61 Å². The molecule has 0 atom stereocenters. The van der Waals surface area contributed by atoms with Crippen LogP contribution in [0.1, 0.15) is 48.3 Å². The second kappa shape index (κ2) is 7.24. The second-order valence-electron chi connectivity index (χ2n) is 4.32. The third kappa shape index (κ3) is 4.05. The molecule has 0 aliphatic heterocycles. The maximum atomic E-state index is 12.0. The Hall–Kier alpha value is -2.42. The SMILES string of the molecule is CCCCc1[nH]c(=O)c(C#N)cc1C(=O)COC(C)=O. The number of esters is 1. The molecule has 0 amide bonds. The van der Waals surface area contributed by atoms with Gasteiger partial charge in [-0.15, -0.1) is 0 Å². The van der Waals surface area contributed by atoms with Crippen LogP contribution >= 0.6 is 0 Å². The van der Waals surface area contributed by atoms with E-state index in [4.69, 9.17) is 5.26 Å². The summed E-state index contributed by atoms with van der Waals surface area (Å²) in [5.41, 5.74) is 0.0721. The third-order valence-corrected chi connectivity index (χ3v) is 2.73. The fourth-order valence-electron chi connectivity index (χ4n) is 1.70. The molecule has 6 nitrogen and oxygen atoms in total. The van der Waals surface area contributed by atoms with E-state index in [1.807, 2.05) is 6.92 Å². The van der Waals surface area contributed by atoms with Crippen molar-refractivity contribution in [2.45, 2.75) is 33.1 Å². The molecule has 1 rings (SSSR count). The van der Waals surface area contributed by atoms with Gasteiger partial charge in [0, 0.05) is 18.2 Å². The highest BCUT2D eigenvalue weighted by Gasteiger charge is 2.16. The molecule has 0 unspecified atom stereocenters. The van der Waals surface area contributed by atoms with Crippen LogP contribution in [0.4, 0.5) is 0 Å². The van der Waals surface area contributed by atoms with Crippen molar-refractivity contribution in [3.8, 4) is 6.07 Å². The standard InChI is InChI=1S/C14H16N2O4/c1-3-4-5-12-11(13(18)8-20-9(2)17)6-10(7-15)14(19)16-12/h6H,3-5,8H2,1-2H3,(H,16,19). The molecule has 106 valence electrons. The molecule has 0 saturated carbocycles. The molecule has 1 aromatic rings. The van der Waals surface area contributed by atoms with Crippen LogP contribution in [0.5, 0.6) is 0 Å². The van der Waals surface area contributed by atoms with E-state index in [0.717, 1.165) is 12.8 Å². The number of hydrogen-bond acceptors (Lipinski definition) is 5. The van der Waals surface area contributed by atoms with Crippen molar-refractivity contribution in [3.63, 3.8) is 0 Å². The Kier molecular flexibility index (Phi) is 5.66. The summed E-state index contributed by atoms with van der Waals surface area (Å²) in [5.74, 6) is -0.988. The monoisotopic (exact) mass is 276 g/mol. The summed E-state index contributed by atoms with van der Waals surface area (Å²) in [6.07, 6.45) is 2.23. The van der Waals surface area contributed by atoms with Gasteiger partial charge in [-0.2, -0.15) is 5.26 Å². The number of nitrogens with zero attached hydrogens (tertiary/aromatic N) is 1. The number of Topliss-reactive ketones (excluding diaryl/α,β-unsaturated/α-hetero) is 1. The molecule has 1 heterocycles. The zero-order valence-corrected chi connectivity index (χ0v) is 11.5. The Labute approximate surface area is 116 Å². The minimum Gasteiger partial charge on any atom is -0.457 e. The number of carbonyl (C=O) groups is 2. The normalized spacial score (nSPS) is 9.85. The first kappa shape index (κ1) is 15.6. The lowest BCUT2D eigenvalue weighted by molar-refractivity contribution is -0.139. The molecule has 1 N–H and O–H groups in total. The predicted octanol–water partition coefficient (Wildman–Crippen LogP) is 1.33. The van der Waals surface area contributed by atoms with E-state index in [0.29, 0.717) is 12.1 Å². The van der Waals surface area contributed by atoms with Crippen molar-refractivity contribution in [1.82, 2.24) is 4.98 Å². The zero-order valence-electron chi connectivity index (χ0n) is 11.5. The van der Waals surface area contributed by atoms with Crippen LogP contribution in [0.2, 0.25) is 0 Å². The molecule has 0 bridgehead atoms. The Morgan fingerprint density at radius 3 is 2.70 bits per heavy atom. The van der Waals surface area contributed by atoms with E-state index in [9.17, 15) is 14.4 Å². The zero-order chi connectivity index (χ0) is 15.1. The van der Waals surface area contributed by atoms with Gasteiger partial charge in [0.2, 0.25) is 5.78 Å². The van der Waals surface area contributed by atoms with Crippen molar-refractivity contribution in [1.29, 1.82) is 5.26 Å². The highest BCUT2D eigenvalue weighted by atomic mass is 16.5. The van der Waals surface area contributed by atoms with Crippen LogP contribution < -0.4 is 5.56 Å². The topological polar surface area (TPSA) is 100 Å². The van der Waals surface area contributed by atoms with E-state index in [2.05, 4.69) is 9.72 Å². The maximum absolute atomic E-state index is 12.0. The number of ether oxygens (including phenoxy) is 1. The van der Waals surface area contributed by atoms with Crippen molar-refractivity contribution in [2.24, 2.45) is 0 Å². The number of aromatic nitrogens is 1. The number of ketones is 1. The van der Waals surface area contributed by atoms with Crippen molar-refractivity contribution in [3.05, 3.63) is 33.2 Å². The molecule has 0 aliphatic rings. The van der Waals surface area contributed by atoms with Crippen LogP contribution in [0, 0.1) is 11.3 Å². The van der Waals surface area contributed by atoms with E-state index < -0.39 is 23.9 Å².